The van der Waals surface area contributed by atoms with Crippen LogP contribution in [0.5, 0.6) is 0 Å². The molecule has 0 radical (unpaired) electrons. The highest BCUT2D eigenvalue weighted by molar-refractivity contribution is 8.00. The molecule has 2 fully saturated rings. The molecule has 2 saturated heterocycles. The fraction of sp³-hybridized carbons (Fsp3) is 0.353. The Morgan fingerprint density at radius 2 is 0.957 bits per heavy atom. The molecule has 12 nitrogen and oxygen atoms in total. The van der Waals surface area contributed by atoms with Gasteiger partial charge in [-0.2, -0.15) is 0 Å². The largest absolute Gasteiger partial charge is 0.394 e. The van der Waals surface area contributed by atoms with E-state index < -0.39 is 84.6 Å². The number of benzene rings is 4. The molecule has 6 rings (SSSR count). The van der Waals surface area contributed by atoms with E-state index >= 15 is 0 Å². The van der Waals surface area contributed by atoms with Crippen LogP contribution >= 0.6 is 11.8 Å². The van der Waals surface area contributed by atoms with Crippen LogP contribution in [0.4, 0.5) is 0 Å². The van der Waals surface area contributed by atoms with Crippen molar-refractivity contribution in [1.29, 1.82) is 0 Å². The molecule has 4 aromatic carbocycles. The van der Waals surface area contributed by atoms with Gasteiger partial charge in [0.15, 0.2) is 0 Å². The molecule has 248 valence electrons. The Labute approximate surface area is 273 Å². The Hall–Kier alpha value is -3.63. The zero-order valence-corrected chi connectivity index (χ0v) is 25.8. The summed E-state index contributed by atoms with van der Waals surface area (Å²) in [6, 6.07) is 22.5. The average Bonchev–Trinajstić information content (AvgIpc) is 3.10. The SMILES string of the molecule is O=C(NC1[C@@H](O)C(CO)O[C@@H](S[C@@H]2OC(CO)[C@H](O)[C@H](NC(=O)c3ccc4ccccc4c3)C2O)[C@@H]1O)c1ccc2ccccc2c1. The van der Waals surface area contributed by atoms with Crippen LogP contribution in [0.3, 0.4) is 0 Å². The number of aliphatic hydroxyl groups excluding tert-OH is 6. The fourth-order valence-electron chi connectivity index (χ4n) is 6.00. The number of carbonyl (C=O) groups is 2. The second-order valence-electron chi connectivity index (χ2n) is 11.7. The summed E-state index contributed by atoms with van der Waals surface area (Å²) in [6.45, 7) is -1.30. The molecule has 2 heterocycles. The third kappa shape index (κ3) is 6.85. The lowest BCUT2D eigenvalue weighted by molar-refractivity contribution is -0.175. The van der Waals surface area contributed by atoms with Crippen LogP contribution in [-0.2, 0) is 9.47 Å². The maximum atomic E-state index is 13.2. The Bertz CT molecular complexity index is 1620. The number of hydrogen-bond donors (Lipinski definition) is 8. The molecule has 13 heteroatoms. The maximum Gasteiger partial charge on any atom is 0.251 e. The molecule has 0 aromatic heterocycles. The van der Waals surface area contributed by atoms with Crippen LogP contribution in [0.25, 0.3) is 21.5 Å². The quantitative estimate of drug-likeness (QED) is 0.131. The minimum atomic E-state index is -1.55. The Kier molecular flexibility index (Phi) is 10.1. The Morgan fingerprint density at radius 3 is 1.34 bits per heavy atom. The van der Waals surface area contributed by atoms with Crippen LogP contribution in [0.1, 0.15) is 20.7 Å². The zero-order chi connectivity index (χ0) is 33.2. The third-order valence-electron chi connectivity index (χ3n) is 8.66. The molecule has 2 amide bonds. The number of aliphatic hydroxyl groups is 6. The summed E-state index contributed by atoms with van der Waals surface area (Å²) in [5.74, 6) is -1.15. The number of rotatable bonds is 8. The molecule has 4 unspecified atom stereocenters. The van der Waals surface area contributed by atoms with Crippen molar-refractivity contribution in [1.82, 2.24) is 10.6 Å². The van der Waals surface area contributed by atoms with E-state index in [9.17, 15) is 40.2 Å². The maximum absolute atomic E-state index is 13.2. The predicted molar refractivity (Wildman–Crippen MR) is 174 cm³/mol. The molecule has 10 atom stereocenters. The van der Waals surface area contributed by atoms with E-state index in [1.165, 1.54) is 0 Å². The third-order valence-corrected chi connectivity index (χ3v) is 9.97. The molecule has 2 aliphatic heterocycles. The number of hydrogen-bond acceptors (Lipinski definition) is 11. The van der Waals surface area contributed by atoms with Gasteiger partial charge in [0, 0.05) is 11.1 Å². The van der Waals surface area contributed by atoms with Crippen molar-refractivity contribution in [3.05, 3.63) is 96.1 Å². The highest BCUT2D eigenvalue weighted by Gasteiger charge is 2.50. The van der Waals surface area contributed by atoms with E-state index in [2.05, 4.69) is 10.6 Å². The zero-order valence-electron chi connectivity index (χ0n) is 25.0. The average molecular weight is 665 g/mol. The number of thioether (sulfide) groups is 1. The van der Waals surface area contributed by atoms with E-state index in [4.69, 9.17) is 9.47 Å². The van der Waals surface area contributed by atoms with Crippen molar-refractivity contribution in [2.24, 2.45) is 0 Å². The van der Waals surface area contributed by atoms with Crippen LogP contribution in [0, 0.1) is 0 Å². The summed E-state index contributed by atoms with van der Waals surface area (Å²) in [7, 11) is 0. The lowest BCUT2D eigenvalue weighted by Crippen LogP contribution is -2.66. The Balaban J connectivity index is 1.18. The second kappa shape index (κ2) is 14.2. The smallest absolute Gasteiger partial charge is 0.251 e. The highest BCUT2D eigenvalue weighted by atomic mass is 32.2. The van der Waals surface area contributed by atoms with Gasteiger partial charge < -0.3 is 50.7 Å². The van der Waals surface area contributed by atoms with Gasteiger partial charge in [0.05, 0.1) is 25.3 Å². The molecule has 0 aliphatic carbocycles. The van der Waals surface area contributed by atoms with Crippen LogP contribution in [-0.4, -0.2) is 115 Å². The topological polar surface area (TPSA) is 198 Å². The van der Waals surface area contributed by atoms with Crippen molar-refractivity contribution in [3.63, 3.8) is 0 Å². The lowest BCUT2D eigenvalue weighted by atomic mass is 9.96. The van der Waals surface area contributed by atoms with Gasteiger partial charge in [0.1, 0.15) is 47.5 Å². The number of ether oxygens (including phenoxy) is 2. The van der Waals surface area contributed by atoms with Gasteiger partial charge in [0.25, 0.3) is 11.8 Å². The van der Waals surface area contributed by atoms with Crippen LogP contribution in [0.2, 0.25) is 0 Å². The van der Waals surface area contributed by atoms with Gasteiger partial charge in [-0.3, -0.25) is 9.59 Å². The molecular weight excluding hydrogens is 628 g/mol. The number of carbonyl (C=O) groups excluding carboxylic acids is 2. The van der Waals surface area contributed by atoms with Gasteiger partial charge in [-0.05, 0) is 45.8 Å². The molecule has 4 aromatic rings. The minimum Gasteiger partial charge on any atom is -0.394 e. The monoisotopic (exact) mass is 664 g/mol. The lowest BCUT2D eigenvalue weighted by Gasteiger charge is -2.46. The van der Waals surface area contributed by atoms with Gasteiger partial charge in [-0.15, -0.1) is 0 Å². The second-order valence-corrected chi connectivity index (χ2v) is 12.9. The van der Waals surface area contributed by atoms with Crippen molar-refractivity contribution < 1.29 is 49.7 Å². The summed E-state index contributed by atoms with van der Waals surface area (Å²) >= 11 is 0.766. The van der Waals surface area contributed by atoms with E-state index in [0.717, 1.165) is 33.3 Å². The molecule has 8 N–H and O–H groups in total. The van der Waals surface area contributed by atoms with E-state index in [1.54, 1.807) is 36.4 Å². The fourth-order valence-corrected chi connectivity index (χ4v) is 7.34. The van der Waals surface area contributed by atoms with Gasteiger partial charge in [0.2, 0.25) is 0 Å². The Morgan fingerprint density at radius 1 is 0.574 bits per heavy atom. The van der Waals surface area contributed by atoms with Crippen LogP contribution < -0.4 is 10.6 Å². The normalized spacial score (nSPS) is 31.0. The number of nitrogens with one attached hydrogen (secondary N) is 2. The molecule has 0 bridgehead atoms. The van der Waals surface area contributed by atoms with Crippen molar-refractivity contribution in [3.8, 4) is 0 Å². The predicted octanol–water partition coefficient (Wildman–Crippen LogP) is 0.501. The summed E-state index contributed by atoms with van der Waals surface area (Å²) < 4.78 is 11.5. The van der Waals surface area contributed by atoms with E-state index in [0.29, 0.717) is 0 Å². The molecule has 0 saturated carbocycles. The highest BCUT2D eigenvalue weighted by Crippen LogP contribution is 2.37. The molecule has 0 spiro atoms. The number of fused-ring (bicyclic) bond motifs is 2. The summed E-state index contributed by atoms with van der Waals surface area (Å²) in [5, 5.41) is 73.2. The van der Waals surface area contributed by atoms with Gasteiger partial charge >= 0.3 is 0 Å². The number of amides is 2. The standard InChI is InChI=1S/C34H36N2O10S/c37-15-23-27(39)25(35-31(43)21-11-9-17-5-1-3-7-19(17)13-21)29(41)33(45-23)47-34-30(42)26(28(40)24(16-38)46-34)36-32(44)22-12-10-18-6-2-4-8-20(18)14-22/h1-14,23-30,33-34,37-42H,15-16H2,(H,35,43)(H,36,44)/t23?,24?,25-,26?,27-,28-,29?,30+,33-,34-/m0/s1. The minimum absolute atomic E-state index is 0.287. The van der Waals surface area contributed by atoms with E-state index in [-0.39, 0.29) is 11.1 Å². The molecule has 47 heavy (non-hydrogen) atoms. The van der Waals surface area contributed by atoms with Gasteiger partial charge in [-0.25, -0.2) is 0 Å². The first-order chi connectivity index (χ1) is 22.7. The van der Waals surface area contributed by atoms with Crippen molar-refractivity contribution in [2.75, 3.05) is 13.2 Å². The first-order valence-corrected chi connectivity index (χ1v) is 16.1. The van der Waals surface area contributed by atoms with Crippen LogP contribution in [0.15, 0.2) is 84.9 Å². The molecular formula is C34H36N2O10S. The summed E-state index contributed by atoms with van der Waals surface area (Å²) in [6.07, 6.45) is -8.53. The first kappa shape index (κ1) is 33.3. The van der Waals surface area contributed by atoms with E-state index in [1.807, 2.05) is 48.5 Å². The summed E-state index contributed by atoms with van der Waals surface area (Å²) in [5.41, 5.74) is -1.95. The molecule has 2 aliphatic rings. The van der Waals surface area contributed by atoms with Crippen molar-refractivity contribution in [2.45, 2.75) is 59.6 Å². The van der Waals surface area contributed by atoms with Crippen molar-refractivity contribution >= 4 is 45.1 Å². The summed E-state index contributed by atoms with van der Waals surface area (Å²) in [4.78, 5) is 26.5. The van der Waals surface area contributed by atoms with Gasteiger partial charge in [-0.1, -0.05) is 72.4 Å². The first-order valence-electron chi connectivity index (χ1n) is 15.2.